The molecule has 0 aromatic heterocycles. The molecule has 1 amide bonds. The Hall–Kier alpha value is -2.89. The van der Waals surface area contributed by atoms with Crippen molar-refractivity contribution in [3.8, 4) is 0 Å². The summed E-state index contributed by atoms with van der Waals surface area (Å²) in [7, 11) is -4.25. The lowest BCUT2D eigenvalue weighted by Gasteiger charge is -2.49. The van der Waals surface area contributed by atoms with Crippen LogP contribution in [0.3, 0.4) is 0 Å². The molecule has 2 fully saturated rings. The smallest absolute Gasteiger partial charge is 0.255 e. The van der Waals surface area contributed by atoms with Gasteiger partial charge in [-0.2, -0.15) is 0 Å². The number of hydrogen-bond donors (Lipinski definition) is 4. The van der Waals surface area contributed by atoms with E-state index in [1.807, 2.05) is 47.4 Å². The second kappa shape index (κ2) is 12.7. The highest BCUT2D eigenvalue weighted by Gasteiger charge is 2.58. The van der Waals surface area contributed by atoms with E-state index in [-0.39, 0.29) is 44.4 Å². The van der Waals surface area contributed by atoms with Gasteiger partial charge in [0.2, 0.25) is 5.91 Å². The molecule has 2 aromatic rings. The average molecular weight is 573 g/mol. The quantitative estimate of drug-likeness (QED) is 0.252. The standard InChI is InChI=1S/C29H44N6O4S/c1-2-26(27(30)37)29(14-6-3-7-16-34(29)17-18-36)40(38,39)35(21-22-9-8-15-33(20-22)28(31)32)25-13-12-23-10-4-5-11-24(23)19-25/h4-5,10-13,19,22,26,36H,2-3,6-9,14-18,20-21H2,1H3,(H2,30,37)(H3,31,32)/t22-,26?,29-/m0/s1. The van der Waals surface area contributed by atoms with E-state index < -0.39 is 26.7 Å². The maximum atomic E-state index is 15.3. The monoisotopic (exact) mass is 572 g/mol. The summed E-state index contributed by atoms with van der Waals surface area (Å²) in [5, 5.41) is 19.9. The number of nitrogens with two attached hydrogens (primary N) is 2. The maximum Gasteiger partial charge on any atom is 0.255 e. The highest BCUT2D eigenvalue weighted by molar-refractivity contribution is 7.94. The highest BCUT2D eigenvalue weighted by atomic mass is 32.2. The number of aliphatic hydroxyl groups excluding tert-OH is 1. The second-order valence-electron chi connectivity index (χ2n) is 11.1. The van der Waals surface area contributed by atoms with Gasteiger partial charge < -0.3 is 21.5 Å². The number of anilines is 1. The van der Waals surface area contributed by atoms with Crippen molar-refractivity contribution in [3.05, 3.63) is 42.5 Å². The minimum absolute atomic E-state index is 0.0149. The molecule has 0 bridgehead atoms. The number of rotatable bonds is 10. The fraction of sp³-hybridized carbons (Fsp3) is 0.586. The lowest BCUT2D eigenvalue weighted by molar-refractivity contribution is -0.125. The molecule has 0 spiro atoms. The fourth-order valence-corrected chi connectivity index (χ4v) is 9.50. The van der Waals surface area contributed by atoms with E-state index in [1.165, 1.54) is 4.31 Å². The van der Waals surface area contributed by atoms with Crippen molar-refractivity contribution >= 4 is 38.3 Å². The Morgan fingerprint density at radius 2 is 1.88 bits per heavy atom. The van der Waals surface area contributed by atoms with Crippen LogP contribution in [0.5, 0.6) is 0 Å². The summed E-state index contributed by atoms with van der Waals surface area (Å²) in [4.78, 5) is 15.0. The van der Waals surface area contributed by atoms with Gasteiger partial charge in [0.05, 0.1) is 18.2 Å². The summed E-state index contributed by atoms with van der Waals surface area (Å²) in [6, 6.07) is 13.5. The van der Waals surface area contributed by atoms with Gasteiger partial charge in [0, 0.05) is 26.2 Å². The summed E-state index contributed by atoms with van der Waals surface area (Å²) < 4.78 is 32.1. The lowest BCUT2D eigenvalue weighted by atomic mass is 9.90. The number of nitrogens with zero attached hydrogens (tertiary/aromatic N) is 3. The number of likely N-dealkylation sites (tertiary alicyclic amines) is 2. The zero-order valence-electron chi connectivity index (χ0n) is 23.5. The Balaban J connectivity index is 1.90. The summed E-state index contributed by atoms with van der Waals surface area (Å²) >= 11 is 0. The number of primary amides is 1. The molecule has 4 rings (SSSR count). The van der Waals surface area contributed by atoms with E-state index in [0.29, 0.717) is 31.7 Å². The average Bonchev–Trinajstić information content (AvgIpc) is 3.15. The number of guanidine groups is 1. The third-order valence-electron chi connectivity index (χ3n) is 8.71. The molecule has 2 aliphatic heterocycles. The SMILES string of the molecule is CCC(C(N)=O)[C@@]1(S(=O)(=O)N(C[C@H]2CCCN(C(=N)N)C2)c2ccc3ccccc3c2)CCCCCN1CCO. The van der Waals surface area contributed by atoms with E-state index >= 15 is 8.42 Å². The number of carbonyl (C=O) groups is 1. The molecular weight excluding hydrogens is 528 g/mol. The number of amides is 1. The van der Waals surface area contributed by atoms with Crippen LogP contribution in [-0.2, 0) is 14.8 Å². The number of β-amino-alcohol motifs (C(OH)–C–C–N with tert-alkyl or cyclic N) is 1. The van der Waals surface area contributed by atoms with Crippen molar-refractivity contribution in [3.63, 3.8) is 0 Å². The van der Waals surface area contributed by atoms with Crippen LogP contribution in [-0.4, -0.2) is 79.4 Å². The summed E-state index contributed by atoms with van der Waals surface area (Å²) in [5.41, 5.74) is 12.3. The highest BCUT2D eigenvalue weighted by Crippen LogP contribution is 2.44. The Bertz CT molecular complexity index is 1300. The minimum Gasteiger partial charge on any atom is -0.395 e. The van der Waals surface area contributed by atoms with E-state index in [2.05, 4.69) is 0 Å². The van der Waals surface area contributed by atoms with E-state index in [0.717, 1.165) is 36.5 Å². The molecule has 40 heavy (non-hydrogen) atoms. The van der Waals surface area contributed by atoms with Gasteiger partial charge in [0.1, 0.15) is 0 Å². The fourth-order valence-electron chi connectivity index (χ4n) is 6.77. The Labute approximate surface area is 237 Å². The van der Waals surface area contributed by atoms with Gasteiger partial charge >= 0.3 is 0 Å². The molecule has 0 saturated carbocycles. The number of piperidine rings is 1. The Morgan fingerprint density at radius 1 is 1.12 bits per heavy atom. The van der Waals surface area contributed by atoms with E-state index in [1.54, 1.807) is 11.8 Å². The van der Waals surface area contributed by atoms with Crippen molar-refractivity contribution in [2.75, 3.05) is 43.6 Å². The van der Waals surface area contributed by atoms with Gasteiger partial charge in [-0.05, 0) is 67.5 Å². The Kier molecular flexibility index (Phi) is 9.58. The van der Waals surface area contributed by atoms with Gasteiger partial charge in [-0.15, -0.1) is 0 Å². The largest absolute Gasteiger partial charge is 0.395 e. The molecule has 2 heterocycles. The first-order valence-corrected chi connectivity index (χ1v) is 15.8. The predicted octanol–water partition coefficient (Wildman–Crippen LogP) is 2.66. The third-order valence-corrected chi connectivity index (χ3v) is 11.3. The molecule has 6 N–H and O–H groups in total. The third kappa shape index (κ3) is 5.77. The number of nitrogens with one attached hydrogen (secondary N) is 1. The zero-order valence-corrected chi connectivity index (χ0v) is 24.3. The van der Waals surface area contributed by atoms with Crippen LogP contribution in [0.1, 0.15) is 51.9 Å². The first-order valence-electron chi connectivity index (χ1n) is 14.4. The van der Waals surface area contributed by atoms with Crippen LogP contribution in [0.2, 0.25) is 0 Å². The van der Waals surface area contributed by atoms with Gasteiger partial charge in [-0.3, -0.25) is 19.4 Å². The topological polar surface area (TPSA) is 157 Å². The van der Waals surface area contributed by atoms with Gasteiger partial charge in [-0.1, -0.05) is 50.1 Å². The van der Waals surface area contributed by atoms with Crippen LogP contribution in [0, 0.1) is 17.2 Å². The van der Waals surface area contributed by atoms with Crippen molar-refractivity contribution in [2.24, 2.45) is 23.3 Å². The molecule has 2 saturated heterocycles. The van der Waals surface area contributed by atoms with Crippen LogP contribution >= 0.6 is 0 Å². The first-order chi connectivity index (χ1) is 19.2. The van der Waals surface area contributed by atoms with E-state index in [9.17, 15) is 9.90 Å². The van der Waals surface area contributed by atoms with Gasteiger partial charge in [0.15, 0.2) is 10.8 Å². The molecule has 2 aliphatic rings. The number of hydrogen-bond acceptors (Lipinski definition) is 6. The number of aliphatic hydroxyl groups is 1. The molecule has 10 nitrogen and oxygen atoms in total. The zero-order chi connectivity index (χ0) is 28.9. The number of benzene rings is 2. The number of fused-ring (bicyclic) bond motifs is 1. The van der Waals surface area contributed by atoms with E-state index in [4.69, 9.17) is 16.9 Å². The van der Waals surface area contributed by atoms with Crippen LogP contribution < -0.4 is 15.8 Å². The Morgan fingerprint density at radius 3 is 2.55 bits per heavy atom. The van der Waals surface area contributed by atoms with Crippen molar-refractivity contribution < 1.29 is 18.3 Å². The minimum atomic E-state index is -4.25. The summed E-state index contributed by atoms with van der Waals surface area (Å²) in [5.74, 6) is -1.68. The number of carbonyl (C=O) groups excluding carboxylic acids is 1. The van der Waals surface area contributed by atoms with Gasteiger partial charge in [0.25, 0.3) is 10.0 Å². The summed E-state index contributed by atoms with van der Waals surface area (Å²) in [6.45, 7) is 3.51. The second-order valence-corrected chi connectivity index (χ2v) is 13.2. The molecule has 2 aromatic carbocycles. The van der Waals surface area contributed by atoms with Crippen LogP contribution in [0.15, 0.2) is 42.5 Å². The van der Waals surface area contributed by atoms with Crippen molar-refractivity contribution in [1.29, 1.82) is 5.41 Å². The van der Waals surface area contributed by atoms with Crippen LogP contribution in [0.25, 0.3) is 10.8 Å². The van der Waals surface area contributed by atoms with Crippen molar-refractivity contribution in [2.45, 2.75) is 56.7 Å². The maximum absolute atomic E-state index is 15.3. The van der Waals surface area contributed by atoms with Gasteiger partial charge in [-0.25, -0.2) is 8.42 Å². The molecule has 1 unspecified atom stereocenters. The molecule has 0 aliphatic carbocycles. The molecule has 220 valence electrons. The first kappa shape index (κ1) is 30.1. The lowest BCUT2D eigenvalue weighted by Crippen LogP contribution is -2.66. The molecular formula is C29H44N6O4S. The number of sulfonamides is 1. The molecule has 0 radical (unpaired) electrons. The summed E-state index contributed by atoms with van der Waals surface area (Å²) in [6.07, 6.45) is 4.37. The molecule has 11 heteroatoms. The predicted molar refractivity (Wildman–Crippen MR) is 159 cm³/mol. The normalized spacial score (nSPS) is 23.4. The van der Waals surface area contributed by atoms with Crippen molar-refractivity contribution in [1.82, 2.24) is 9.80 Å². The van der Waals surface area contributed by atoms with Crippen LogP contribution in [0.4, 0.5) is 5.69 Å². The molecule has 3 atom stereocenters.